The lowest BCUT2D eigenvalue weighted by molar-refractivity contribution is 0.0516. The first-order valence-corrected chi connectivity index (χ1v) is 6.86. The number of esters is 1. The molecular formula is C13H9BrClN3O2. The van der Waals surface area contributed by atoms with Gasteiger partial charge in [0.2, 0.25) is 0 Å². The van der Waals surface area contributed by atoms with Crippen LogP contribution < -0.4 is 0 Å². The first kappa shape index (κ1) is 14.6. The van der Waals surface area contributed by atoms with Crippen LogP contribution in [0.2, 0.25) is 5.02 Å². The van der Waals surface area contributed by atoms with Gasteiger partial charge in [-0.1, -0.05) is 11.6 Å². The zero-order valence-electron chi connectivity index (χ0n) is 10.4. The zero-order valence-corrected chi connectivity index (χ0v) is 12.8. The summed E-state index contributed by atoms with van der Waals surface area (Å²) >= 11 is 9.34. The van der Waals surface area contributed by atoms with E-state index in [1.165, 1.54) is 10.7 Å². The van der Waals surface area contributed by atoms with Crippen LogP contribution >= 0.6 is 27.5 Å². The predicted octanol–water partition coefficient (Wildman–Crippen LogP) is 3.34. The maximum atomic E-state index is 11.9. The average molecular weight is 355 g/mol. The van der Waals surface area contributed by atoms with Gasteiger partial charge >= 0.3 is 5.97 Å². The van der Waals surface area contributed by atoms with E-state index in [1.54, 1.807) is 25.1 Å². The number of halogens is 2. The Morgan fingerprint density at radius 1 is 1.55 bits per heavy atom. The number of carbonyl (C=O) groups is 1. The Labute approximate surface area is 128 Å². The molecule has 1 aromatic carbocycles. The van der Waals surface area contributed by atoms with Gasteiger partial charge in [0, 0.05) is 6.07 Å². The molecule has 1 aromatic heterocycles. The van der Waals surface area contributed by atoms with Gasteiger partial charge in [0.1, 0.15) is 4.60 Å². The minimum Gasteiger partial charge on any atom is -0.461 e. The van der Waals surface area contributed by atoms with Gasteiger partial charge in [-0.05, 0) is 41.1 Å². The van der Waals surface area contributed by atoms with Crippen LogP contribution in [0.4, 0.5) is 0 Å². The molecule has 5 nitrogen and oxygen atoms in total. The van der Waals surface area contributed by atoms with Crippen molar-refractivity contribution in [3.63, 3.8) is 0 Å². The van der Waals surface area contributed by atoms with Gasteiger partial charge < -0.3 is 4.74 Å². The van der Waals surface area contributed by atoms with Crippen molar-refractivity contribution in [2.24, 2.45) is 0 Å². The molecule has 0 aliphatic carbocycles. The molecule has 0 bridgehead atoms. The van der Waals surface area contributed by atoms with E-state index < -0.39 is 5.97 Å². The molecular weight excluding hydrogens is 346 g/mol. The number of rotatable bonds is 3. The number of nitrogens with zero attached hydrogens (tertiary/aromatic N) is 3. The van der Waals surface area contributed by atoms with Crippen molar-refractivity contribution in [1.29, 1.82) is 5.26 Å². The third-order valence-corrected chi connectivity index (χ3v) is 3.16. The highest BCUT2D eigenvalue weighted by atomic mass is 79.9. The SMILES string of the molecule is CCOC(=O)c1cc(Br)nn1-c1ccc(C#N)cc1Cl. The summed E-state index contributed by atoms with van der Waals surface area (Å²) in [5.74, 6) is -0.494. The van der Waals surface area contributed by atoms with Crippen LogP contribution in [0, 0.1) is 11.3 Å². The van der Waals surface area contributed by atoms with Crippen LogP contribution in [0.3, 0.4) is 0 Å². The fourth-order valence-corrected chi connectivity index (χ4v) is 2.27. The summed E-state index contributed by atoms with van der Waals surface area (Å²) in [5.41, 5.74) is 1.19. The summed E-state index contributed by atoms with van der Waals surface area (Å²) in [5, 5.41) is 13.3. The van der Waals surface area contributed by atoms with Crippen LogP contribution in [0.5, 0.6) is 0 Å². The Bertz CT molecular complexity index is 706. The summed E-state index contributed by atoms with van der Waals surface area (Å²) in [6.07, 6.45) is 0. The molecule has 0 fully saturated rings. The van der Waals surface area contributed by atoms with Crippen molar-refractivity contribution in [2.75, 3.05) is 6.61 Å². The van der Waals surface area contributed by atoms with E-state index in [1.807, 2.05) is 6.07 Å². The van der Waals surface area contributed by atoms with Crippen LogP contribution in [0.1, 0.15) is 23.0 Å². The standard InChI is InChI=1S/C13H9BrClN3O2/c1-2-20-13(19)11-6-12(14)17-18(11)10-4-3-8(7-16)5-9(10)15/h3-6H,2H2,1H3. The second-order valence-corrected chi connectivity index (χ2v) is 4.98. The molecule has 1 heterocycles. The highest BCUT2D eigenvalue weighted by Gasteiger charge is 2.18. The van der Waals surface area contributed by atoms with E-state index in [0.29, 0.717) is 20.9 Å². The fourth-order valence-electron chi connectivity index (χ4n) is 1.63. The quantitative estimate of drug-likeness (QED) is 0.793. The van der Waals surface area contributed by atoms with Crippen molar-refractivity contribution in [3.8, 4) is 11.8 Å². The van der Waals surface area contributed by atoms with E-state index in [0.717, 1.165) is 0 Å². The van der Waals surface area contributed by atoms with Gasteiger partial charge in [-0.25, -0.2) is 9.48 Å². The topological polar surface area (TPSA) is 67.9 Å². The monoisotopic (exact) mass is 353 g/mol. The molecule has 102 valence electrons. The van der Waals surface area contributed by atoms with E-state index >= 15 is 0 Å². The Morgan fingerprint density at radius 2 is 2.30 bits per heavy atom. The van der Waals surface area contributed by atoms with E-state index in [2.05, 4.69) is 21.0 Å². The molecule has 0 saturated carbocycles. The third-order valence-electron chi connectivity index (χ3n) is 2.47. The molecule has 0 radical (unpaired) electrons. The van der Waals surface area contributed by atoms with Gasteiger partial charge in [0.05, 0.1) is 28.9 Å². The van der Waals surface area contributed by atoms with Crippen molar-refractivity contribution in [1.82, 2.24) is 9.78 Å². The lowest BCUT2D eigenvalue weighted by atomic mass is 10.2. The molecule has 0 aliphatic rings. The molecule has 0 unspecified atom stereocenters. The Morgan fingerprint density at radius 3 is 2.90 bits per heavy atom. The number of nitriles is 1. The normalized spacial score (nSPS) is 10.1. The Hall–Kier alpha value is -1.84. The number of aromatic nitrogens is 2. The van der Waals surface area contributed by atoms with Crippen LogP contribution in [-0.2, 0) is 4.74 Å². The average Bonchev–Trinajstić information content (AvgIpc) is 2.80. The highest BCUT2D eigenvalue weighted by molar-refractivity contribution is 9.10. The third kappa shape index (κ3) is 2.84. The molecule has 0 N–H and O–H groups in total. The second-order valence-electron chi connectivity index (χ2n) is 3.76. The zero-order chi connectivity index (χ0) is 14.7. The van der Waals surface area contributed by atoms with Crippen molar-refractivity contribution >= 4 is 33.5 Å². The molecule has 20 heavy (non-hydrogen) atoms. The van der Waals surface area contributed by atoms with Crippen molar-refractivity contribution in [3.05, 3.63) is 45.1 Å². The van der Waals surface area contributed by atoms with E-state index in [4.69, 9.17) is 21.6 Å². The maximum Gasteiger partial charge on any atom is 0.357 e. The molecule has 0 spiro atoms. The molecule has 7 heteroatoms. The molecule has 0 atom stereocenters. The number of carbonyl (C=O) groups excluding carboxylic acids is 1. The number of hydrogen-bond acceptors (Lipinski definition) is 4. The lowest BCUT2D eigenvalue weighted by Crippen LogP contribution is -2.12. The summed E-state index contributed by atoms with van der Waals surface area (Å²) in [6, 6.07) is 8.29. The number of hydrogen-bond donors (Lipinski definition) is 0. The second kappa shape index (κ2) is 6.07. The van der Waals surface area contributed by atoms with Crippen LogP contribution in [0.15, 0.2) is 28.9 Å². The molecule has 2 aromatic rings. The summed E-state index contributed by atoms with van der Waals surface area (Å²) in [7, 11) is 0. The maximum absolute atomic E-state index is 11.9. The van der Waals surface area contributed by atoms with Crippen LogP contribution in [-0.4, -0.2) is 22.4 Å². The summed E-state index contributed by atoms with van der Waals surface area (Å²) in [4.78, 5) is 11.9. The minimum absolute atomic E-state index is 0.255. The summed E-state index contributed by atoms with van der Waals surface area (Å²) < 4.78 is 6.84. The molecule has 0 amide bonds. The number of benzene rings is 1. The number of ether oxygens (including phenoxy) is 1. The van der Waals surface area contributed by atoms with E-state index in [-0.39, 0.29) is 12.3 Å². The van der Waals surface area contributed by atoms with E-state index in [9.17, 15) is 4.79 Å². The minimum atomic E-state index is -0.494. The predicted molar refractivity (Wildman–Crippen MR) is 76.9 cm³/mol. The van der Waals surface area contributed by atoms with Gasteiger partial charge in [-0.3, -0.25) is 0 Å². The largest absolute Gasteiger partial charge is 0.461 e. The Balaban J connectivity index is 2.53. The Kier molecular flexibility index (Phi) is 4.42. The first-order chi connectivity index (χ1) is 9.56. The fraction of sp³-hybridized carbons (Fsp3) is 0.154. The molecule has 0 aliphatic heterocycles. The lowest BCUT2D eigenvalue weighted by Gasteiger charge is -2.08. The first-order valence-electron chi connectivity index (χ1n) is 5.69. The summed E-state index contributed by atoms with van der Waals surface area (Å²) in [6.45, 7) is 1.99. The van der Waals surface area contributed by atoms with Gasteiger partial charge in [-0.15, -0.1) is 0 Å². The van der Waals surface area contributed by atoms with Crippen molar-refractivity contribution < 1.29 is 9.53 Å². The van der Waals surface area contributed by atoms with Crippen molar-refractivity contribution in [2.45, 2.75) is 6.92 Å². The smallest absolute Gasteiger partial charge is 0.357 e. The molecule has 2 rings (SSSR count). The van der Waals surface area contributed by atoms with Gasteiger partial charge in [-0.2, -0.15) is 10.4 Å². The highest BCUT2D eigenvalue weighted by Crippen LogP contribution is 2.24. The van der Waals surface area contributed by atoms with Gasteiger partial charge in [0.25, 0.3) is 0 Å². The van der Waals surface area contributed by atoms with Crippen LogP contribution in [0.25, 0.3) is 5.69 Å². The van der Waals surface area contributed by atoms with Gasteiger partial charge in [0.15, 0.2) is 5.69 Å². The molecule has 0 saturated heterocycles.